The van der Waals surface area contributed by atoms with Crippen LogP contribution in [-0.4, -0.2) is 64.3 Å². The molecule has 0 unspecified atom stereocenters. The Balaban J connectivity index is 1.08. The lowest BCUT2D eigenvalue weighted by Gasteiger charge is -2.34. The molecule has 3 aromatic rings. The molecule has 9 heteroatoms. The lowest BCUT2D eigenvalue weighted by atomic mass is 9.97. The van der Waals surface area contributed by atoms with Gasteiger partial charge in [0.1, 0.15) is 10.7 Å². The summed E-state index contributed by atoms with van der Waals surface area (Å²) in [5.41, 5.74) is 2.70. The van der Waals surface area contributed by atoms with Gasteiger partial charge < -0.3 is 14.8 Å². The predicted molar refractivity (Wildman–Crippen MR) is 136 cm³/mol. The molecule has 4 heterocycles. The number of fused-ring (bicyclic) bond motifs is 3. The number of nitrogens with zero attached hydrogens (tertiary/aromatic N) is 4. The highest BCUT2D eigenvalue weighted by Crippen LogP contribution is 2.33. The van der Waals surface area contributed by atoms with E-state index in [0.29, 0.717) is 37.4 Å². The van der Waals surface area contributed by atoms with E-state index >= 15 is 0 Å². The van der Waals surface area contributed by atoms with E-state index in [0.717, 1.165) is 61.2 Å². The van der Waals surface area contributed by atoms with Crippen LogP contribution in [0.15, 0.2) is 29.1 Å². The number of carbonyl (C=O) groups is 2. The molecule has 0 atom stereocenters. The SMILES string of the molecule is O=C(c1ccc(N2CCCC2=O)cc1)N1CCN(Cc2nc3sc4c(c3c(=O)[nH]2)CCCC4)CC1. The van der Waals surface area contributed by atoms with Crippen molar-refractivity contribution in [1.29, 1.82) is 0 Å². The fourth-order valence-corrected chi connectivity index (χ4v) is 6.77. The molecular formula is C26H29N5O3S. The first kappa shape index (κ1) is 22.4. The van der Waals surface area contributed by atoms with Crippen LogP contribution in [0.5, 0.6) is 0 Å². The molecule has 2 amide bonds. The number of aryl methyl sites for hydroxylation is 2. The van der Waals surface area contributed by atoms with Crippen LogP contribution in [0.25, 0.3) is 10.2 Å². The van der Waals surface area contributed by atoms with Crippen LogP contribution in [0.4, 0.5) is 5.69 Å². The van der Waals surface area contributed by atoms with E-state index in [9.17, 15) is 14.4 Å². The molecule has 1 aliphatic carbocycles. The van der Waals surface area contributed by atoms with Crippen molar-refractivity contribution in [3.63, 3.8) is 0 Å². The molecule has 0 spiro atoms. The molecule has 2 fully saturated rings. The zero-order valence-corrected chi connectivity index (χ0v) is 20.5. The number of piperazine rings is 1. The fraction of sp³-hybridized carbons (Fsp3) is 0.462. The number of rotatable bonds is 4. The maximum atomic E-state index is 13.0. The average molecular weight is 492 g/mol. The van der Waals surface area contributed by atoms with Gasteiger partial charge >= 0.3 is 0 Å². The van der Waals surface area contributed by atoms with E-state index in [2.05, 4.69) is 9.88 Å². The minimum atomic E-state index is -0.0164. The highest BCUT2D eigenvalue weighted by Gasteiger charge is 2.25. The van der Waals surface area contributed by atoms with Crippen molar-refractivity contribution < 1.29 is 9.59 Å². The van der Waals surface area contributed by atoms with E-state index in [1.54, 1.807) is 16.2 Å². The number of aromatic nitrogens is 2. The van der Waals surface area contributed by atoms with Crippen molar-refractivity contribution in [3.05, 3.63) is 56.4 Å². The number of H-pyrrole nitrogens is 1. The number of aromatic amines is 1. The molecular weight excluding hydrogens is 462 g/mol. The summed E-state index contributed by atoms with van der Waals surface area (Å²) in [5, 5.41) is 0.795. The molecule has 1 aromatic carbocycles. The molecule has 2 aliphatic heterocycles. The Bertz CT molecular complexity index is 1340. The molecule has 8 nitrogen and oxygen atoms in total. The summed E-state index contributed by atoms with van der Waals surface area (Å²) >= 11 is 1.68. The molecule has 182 valence electrons. The Morgan fingerprint density at radius 2 is 1.71 bits per heavy atom. The molecule has 3 aliphatic rings. The summed E-state index contributed by atoms with van der Waals surface area (Å²) in [4.78, 5) is 53.7. The fourth-order valence-electron chi connectivity index (χ4n) is 5.49. The quantitative estimate of drug-likeness (QED) is 0.606. The Kier molecular flexibility index (Phi) is 5.89. The first-order chi connectivity index (χ1) is 17.1. The number of carbonyl (C=O) groups excluding carboxylic acids is 2. The van der Waals surface area contributed by atoms with Crippen molar-refractivity contribution in [2.75, 3.05) is 37.6 Å². The average Bonchev–Trinajstić information content (AvgIpc) is 3.47. The highest BCUT2D eigenvalue weighted by atomic mass is 32.1. The second-order valence-electron chi connectivity index (χ2n) is 9.67. The number of nitrogens with one attached hydrogen (secondary N) is 1. The maximum Gasteiger partial charge on any atom is 0.259 e. The predicted octanol–water partition coefficient (Wildman–Crippen LogP) is 2.95. The van der Waals surface area contributed by atoms with Crippen molar-refractivity contribution >= 4 is 39.1 Å². The third kappa shape index (κ3) is 4.27. The number of thiophene rings is 1. The van der Waals surface area contributed by atoms with Gasteiger partial charge in [0, 0.05) is 55.3 Å². The number of benzene rings is 1. The van der Waals surface area contributed by atoms with Crippen LogP contribution in [0.1, 0.15) is 52.3 Å². The summed E-state index contributed by atoms with van der Waals surface area (Å²) in [6.07, 6.45) is 5.85. The normalized spacial score (nSPS) is 18.9. The molecule has 0 bridgehead atoms. The largest absolute Gasteiger partial charge is 0.336 e. The number of hydrogen-bond donors (Lipinski definition) is 1. The summed E-state index contributed by atoms with van der Waals surface area (Å²) in [6.45, 7) is 4.05. The van der Waals surface area contributed by atoms with Crippen LogP contribution in [0.3, 0.4) is 0 Å². The lowest BCUT2D eigenvalue weighted by Crippen LogP contribution is -2.48. The van der Waals surface area contributed by atoms with Gasteiger partial charge in [0.15, 0.2) is 0 Å². The van der Waals surface area contributed by atoms with Crippen molar-refractivity contribution in [2.45, 2.75) is 45.1 Å². The third-order valence-corrected chi connectivity index (χ3v) is 8.59. The topological polar surface area (TPSA) is 89.6 Å². The summed E-state index contributed by atoms with van der Waals surface area (Å²) in [7, 11) is 0. The summed E-state index contributed by atoms with van der Waals surface area (Å²) < 4.78 is 0. The Morgan fingerprint density at radius 1 is 0.943 bits per heavy atom. The van der Waals surface area contributed by atoms with Gasteiger partial charge in [-0.05, 0) is 61.9 Å². The third-order valence-electron chi connectivity index (χ3n) is 7.41. The van der Waals surface area contributed by atoms with Gasteiger partial charge in [-0.25, -0.2) is 4.98 Å². The van der Waals surface area contributed by atoms with Gasteiger partial charge in [0.05, 0.1) is 11.9 Å². The molecule has 0 radical (unpaired) electrons. The van der Waals surface area contributed by atoms with Crippen molar-refractivity contribution in [1.82, 2.24) is 19.8 Å². The van der Waals surface area contributed by atoms with Gasteiger partial charge in [-0.1, -0.05) is 0 Å². The molecule has 2 saturated heterocycles. The smallest absolute Gasteiger partial charge is 0.259 e. The summed E-state index contributed by atoms with van der Waals surface area (Å²) in [5.74, 6) is 0.864. The monoisotopic (exact) mass is 491 g/mol. The standard InChI is InChI=1S/C26H29N5O3S/c32-22-6-3-11-31(22)18-9-7-17(8-10-18)26(34)30-14-12-29(13-15-30)16-21-27-24(33)23-19-4-1-2-5-20(19)35-25(23)28-21/h7-10H,1-6,11-16H2,(H,27,28,33). The van der Waals surface area contributed by atoms with Crippen LogP contribution in [0.2, 0.25) is 0 Å². The van der Waals surface area contributed by atoms with Crippen LogP contribution >= 0.6 is 11.3 Å². The molecule has 0 saturated carbocycles. The number of amides is 2. The summed E-state index contributed by atoms with van der Waals surface area (Å²) in [6, 6.07) is 7.38. The van der Waals surface area contributed by atoms with E-state index in [-0.39, 0.29) is 17.4 Å². The number of anilines is 1. The van der Waals surface area contributed by atoms with Gasteiger partial charge in [0.25, 0.3) is 11.5 Å². The van der Waals surface area contributed by atoms with Crippen LogP contribution in [0, 0.1) is 0 Å². The Labute approximate surface area is 207 Å². The second kappa shape index (κ2) is 9.20. The van der Waals surface area contributed by atoms with E-state index in [4.69, 9.17) is 4.98 Å². The Morgan fingerprint density at radius 3 is 2.46 bits per heavy atom. The molecule has 35 heavy (non-hydrogen) atoms. The zero-order chi connectivity index (χ0) is 23.9. The van der Waals surface area contributed by atoms with E-state index in [1.165, 1.54) is 16.9 Å². The maximum absolute atomic E-state index is 13.0. The number of hydrogen-bond acceptors (Lipinski definition) is 6. The Hall–Kier alpha value is -3.04. The van der Waals surface area contributed by atoms with Crippen molar-refractivity contribution in [3.8, 4) is 0 Å². The van der Waals surface area contributed by atoms with Crippen LogP contribution in [-0.2, 0) is 24.2 Å². The van der Waals surface area contributed by atoms with Gasteiger partial charge in [-0.2, -0.15) is 0 Å². The van der Waals surface area contributed by atoms with E-state index in [1.807, 2.05) is 29.2 Å². The lowest BCUT2D eigenvalue weighted by molar-refractivity contribution is -0.117. The van der Waals surface area contributed by atoms with Crippen LogP contribution < -0.4 is 10.5 Å². The molecule has 1 N–H and O–H groups in total. The first-order valence-corrected chi connectivity index (χ1v) is 13.3. The van der Waals surface area contributed by atoms with Gasteiger partial charge in [-0.15, -0.1) is 11.3 Å². The minimum Gasteiger partial charge on any atom is -0.336 e. The van der Waals surface area contributed by atoms with Gasteiger partial charge in [0.2, 0.25) is 5.91 Å². The molecule has 6 rings (SSSR count). The van der Waals surface area contributed by atoms with Gasteiger partial charge in [-0.3, -0.25) is 19.3 Å². The highest BCUT2D eigenvalue weighted by molar-refractivity contribution is 7.18. The first-order valence-electron chi connectivity index (χ1n) is 12.5. The molecule has 2 aromatic heterocycles. The van der Waals surface area contributed by atoms with E-state index < -0.39 is 0 Å². The second-order valence-corrected chi connectivity index (χ2v) is 10.8. The van der Waals surface area contributed by atoms with Crippen molar-refractivity contribution in [2.24, 2.45) is 0 Å². The zero-order valence-electron chi connectivity index (χ0n) is 19.7. The minimum absolute atomic E-state index is 0.0149.